The molecular weight excluding hydrogens is 313 g/mol. The summed E-state index contributed by atoms with van der Waals surface area (Å²) in [6.07, 6.45) is 0. The van der Waals surface area contributed by atoms with E-state index in [1.807, 2.05) is 12.1 Å². The molecule has 4 heteroatoms. The minimum atomic E-state index is -0.191. The van der Waals surface area contributed by atoms with Gasteiger partial charge in [-0.25, -0.2) is 4.39 Å². The highest BCUT2D eigenvalue weighted by Gasteiger charge is 2.07. The molecule has 18 heavy (non-hydrogen) atoms. The fraction of sp³-hybridized carbons (Fsp3) is 0.286. The summed E-state index contributed by atoms with van der Waals surface area (Å²) in [6, 6.07) is 9.00. The number of hydrogen-bond acceptors (Lipinski definition) is 2. The van der Waals surface area contributed by atoms with Gasteiger partial charge in [-0.2, -0.15) is 0 Å². The van der Waals surface area contributed by atoms with Gasteiger partial charge >= 0.3 is 0 Å². The predicted molar refractivity (Wildman–Crippen MR) is 78.4 cm³/mol. The number of rotatable bonds is 4. The van der Waals surface area contributed by atoms with E-state index in [1.54, 1.807) is 11.3 Å². The van der Waals surface area contributed by atoms with Gasteiger partial charge in [0.05, 0.1) is 0 Å². The molecule has 0 aliphatic rings. The highest BCUT2D eigenvalue weighted by Crippen LogP contribution is 2.26. The second kappa shape index (κ2) is 5.95. The van der Waals surface area contributed by atoms with Crippen LogP contribution in [0.3, 0.4) is 0 Å². The normalized spacial score (nSPS) is 12.7. The van der Waals surface area contributed by atoms with Crippen molar-refractivity contribution in [2.75, 3.05) is 0 Å². The molecule has 0 unspecified atom stereocenters. The summed E-state index contributed by atoms with van der Waals surface area (Å²) in [5.41, 5.74) is 1.10. The van der Waals surface area contributed by atoms with Gasteiger partial charge in [0.2, 0.25) is 0 Å². The number of hydrogen-bond donors (Lipinski definition) is 1. The highest BCUT2D eigenvalue weighted by atomic mass is 79.9. The molecule has 0 saturated carbocycles. The zero-order valence-corrected chi connectivity index (χ0v) is 12.7. The van der Waals surface area contributed by atoms with Crippen molar-refractivity contribution in [1.82, 2.24) is 5.32 Å². The Morgan fingerprint density at radius 1 is 1.33 bits per heavy atom. The Morgan fingerprint density at radius 3 is 2.56 bits per heavy atom. The van der Waals surface area contributed by atoms with E-state index >= 15 is 0 Å². The van der Waals surface area contributed by atoms with Crippen LogP contribution in [0.15, 0.2) is 34.8 Å². The molecule has 0 saturated heterocycles. The maximum absolute atomic E-state index is 12.8. The quantitative estimate of drug-likeness (QED) is 0.849. The fourth-order valence-corrected chi connectivity index (χ4v) is 3.28. The third kappa shape index (κ3) is 3.40. The second-order valence-corrected chi connectivity index (χ2v) is 6.47. The molecule has 0 amide bonds. The molecule has 0 bridgehead atoms. The van der Waals surface area contributed by atoms with Crippen LogP contribution in [0.1, 0.15) is 28.3 Å². The molecule has 2 rings (SSSR count). The SMILES string of the molecule is Cc1sc(CN[C@@H](C)c2ccc(F)cc2)cc1Br. The topological polar surface area (TPSA) is 12.0 Å². The molecule has 1 N–H and O–H groups in total. The molecule has 1 atom stereocenters. The molecule has 0 aliphatic carbocycles. The van der Waals surface area contributed by atoms with Gasteiger partial charge in [-0.1, -0.05) is 12.1 Å². The van der Waals surface area contributed by atoms with Gasteiger partial charge in [-0.15, -0.1) is 11.3 Å². The van der Waals surface area contributed by atoms with Crippen LogP contribution in [0, 0.1) is 12.7 Å². The van der Waals surface area contributed by atoms with Crippen molar-refractivity contribution in [1.29, 1.82) is 0 Å². The Hall–Kier alpha value is -0.710. The summed E-state index contributed by atoms with van der Waals surface area (Å²) >= 11 is 5.30. The van der Waals surface area contributed by atoms with Gasteiger partial charge in [-0.3, -0.25) is 0 Å². The molecular formula is C14H15BrFNS. The van der Waals surface area contributed by atoms with E-state index in [0.717, 1.165) is 12.1 Å². The van der Waals surface area contributed by atoms with E-state index < -0.39 is 0 Å². The number of aryl methyl sites for hydroxylation is 1. The van der Waals surface area contributed by atoms with Crippen molar-refractivity contribution in [3.8, 4) is 0 Å². The zero-order chi connectivity index (χ0) is 13.1. The Morgan fingerprint density at radius 2 is 2.00 bits per heavy atom. The summed E-state index contributed by atoms with van der Waals surface area (Å²) < 4.78 is 14.0. The van der Waals surface area contributed by atoms with Crippen LogP contribution in [-0.4, -0.2) is 0 Å². The van der Waals surface area contributed by atoms with Gasteiger partial charge in [0.25, 0.3) is 0 Å². The lowest BCUT2D eigenvalue weighted by molar-refractivity contribution is 0.575. The minimum Gasteiger partial charge on any atom is -0.305 e. The van der Waals surface area contributed by atoms with Crippen molar-refractivity contribution in [3.05, 3.63) is 55.9 Å². The Kier molecular flexibility index (Phi) is 4.54. The average molecular weight is 328 g/mol. The monoisotopic (exact) mass is 327 g/mol. The largest absolute Gasteiger partial charge is 0.305 e. The van der Waals surface area contributed by atoms with Crippen molar-refractivity contribution >= 4 is 27.3 Å². The minimum absolute atomic E-state index is 0.191. The Bertz CT molecular complexity index is 502. The first-order valence-corrected chi connectivity index (χ1v) is 7.41. The highest BCUT2D eigenvalue weighted by molar-refractivity contribution is 9.10. The van der Waals surface area contributed by atoms with Crippen LogP contribution in [0.2, 0.25) is 0 Å². The van der Waals surface area contributed by atoms with Gasteiger partial charge < -0.3 is 5.32 Å². The van der Waals surface area contributed by atoms with Crippen LogP contribution in [0.25, 0.3) is 0 Å². The number of benzene rings is 1. The third-order valence-electron chi connectivity index (χ3n) is 2.86. The lowest BCUT2D eigenvalue weighted by atomic mass is 10.1. The zero-order valence-electron chi connectivity index (χ0n) is 10.3. The maximum atomic E-state index is 12.8. The third-order valence-corrected chi connectivity index (χ3v) is 5.00. The molecule has 1 heterocycles. The van der Waals surface area contributed by atoms with E-state index in [9.17, 15) is 4.39 Å². The molecule has 96 valence electrons. The molecule has 1 aromatic heterocycles. The molecule has 0 spiro atoms. The lowest BCUT2D eigenvalue weighted by Gasteiger charge is -2.13. The predicted octanol–water partition coefficient (Wildman–Crippen LogP) is 4.81. The first kappa shape index (κ1) is 13.7. The van der Waals surface area contributed by atoms with Gasteiger partial charge in [0, 0.05) is 26.8 Å². The van der Waals surface area contributed by atoms with E-state index in [0.29, 0.717) is 0 Å². The smallest absolute Gasteiger partial charge is 0.123 e. The first-order valence-electron chi connectivity index (χ1n) is 5.80. The van der Waals surface area contributed by atoms with Crippen LogP contribution in [-0.2, 0) is 6.54 Å². The first-order chi connectivity index (χ1) is 8.56. The Labute approximate surface area is 119 Å². The molecule has 1 nitrogen and oxygen atoms in total. The van der Waals surface area contributed by atoms with E-state index in [4.69, 9.17) is 0 Å². The number of thiophene rings is 1. The van der Waals surface area contributed by atoms with Crippen molar-refractivity contribution in [3.63, 3.8) is 0 Å². The van der Waals surface area contributed by atoms with Crippen LogP contribution in [0.5, 0.6) is 0 Å². The summed E-state index contributed by atoms with van der Waals surface area (Å²) in [5.74, 6) is -0.191. The van der Waals surface area contributed by atoms with Crippen molar-refractivity contribution in [2.45, 2.75) is 26.4 Å². The van der Waals surface area contributed by atoms with Gasteiger partial charge in [0.15, 0.2) is 0 Å². The number of nitrogens with one attached hydrogen (secondary N) is 1. The summed E-state index contributed by atoms with van der Waals surface area (Å²) in [6.45, 7) is 5.01. The maximum Gasteiger partial charge on any atom is 0.123 e. The summed E-state index contributed by atoms with van der Waals surface area (Å²) in [5, 5.41) is 3.44. The van der Waals surface area contributed by atoms with Crippen molar-refractivity contribution < 1.29 is 4.39 Å². The summed E-state index contributed by atoms with van der Waals surface area (Å²) in [4.78, 5) is 2.59. The van der Waals surface area contributed by atoms with E-state index in [2.05, 4.69) is 41.2 Å². The summed E-state index contributed by atoms with van der Waals surface area (Å²) in [7, 11) is 0. The lowest BCUT2D eigenvalue weighted by Crippen LogP contribution is -2.17. The van der Waals surface area contributed by atoms with Crippen molar-refractivity contribution in [2.24, 2.45) is 0 Å². The van der Waals surface area contributed by atoms with Crippen LogP contribution >= 0.6 is 27.3 Å². The van der Waals surface area contributed by atoms with Crippen LogP contribution in [0.4, 0.5) is 4.39 Å². The van der Waals surface area contributed by atoms with Gasteiger partial charge in [0.1, 0.15) is 5.82 Å². The standard InChI is InChI=1S/C14H15BrFNS/c1-9(11-3-5-12(16)6-4-11)17-8-13-7-14(15)10(2)18-13/h3-7,9,17H,8H2,1-2H3/t9-/m0/s1. The van der Waals surface area contributed by atoms with Crippen LogP contribution < -0.4 is 5.32 Å². The molecule has 0 fully saturated rings. The van der Waals surface area contributed by atoms with Gasteiger partial charge in [-0.05, 0) is 53.5 Å². The molecule has 0 aliphatic heterocycles. The van der Waals surface area contributed by atoms with E-state index in [-0.39, 0.29) is 11.9 Å². The second-order valence-electron chi connectivity index (χ2n) is 4.27. The fourth-order valence-electron chi connectivity index (χ4n) is 1.73. The molecule has 2 aromatic rings. The molecule has 1 aromatic carbocycles. The Balaban J connectivity index is 1.95. The number of halogens is 2. The molecule has 0 radical (unpaired) electrons. The van der Waals surface area contributed by atoms with E-state index in [1.165, 1.54) is 26.4 Å². The average Bonchev–Trinajstić information content (AvgIpc) is 2.67.